The topological polar surface area (TPSA) is 136 Å². The molecule has 0 unspecified atom stereocenters. The Hall–Kier alpha value is -3.74. The van der Waals surface area contributed by atoms with Gasteiger partial charge in [0.1, 0.15) is 5.82 Å². The number of amides is 3. The summed E-state index contributed by atoms with van der Waals surface area (Å²) < 4.78 is 14.9. The number of nitrogens with one attached hydrogen (secondary N) is 2. The number of urea groups is 1. The lowest BCUT2D eigenvalue weighted by Crippen LogP contribution is -2.49. The first kappa shape index (κ1) is 24.0. The zero-order valence-electron chi connectivity index (χ0n) is 20.3. The average molecular weight is 499 g/mol. The molecule has 1 aromatic carbocycles. The number of carbonyl (C=O) groups excluding carboxylic acids is 2. The summed E-state index contributed by atoms with van der Waals surface area (Å²) >= 11 is 0. The third kappa shape index (κ3) is 4.83. The highest BCUT2D eigenvalue weighted by Gasteiger charge is 2.35. The molecule has 36 heavy (non-hydrogen) atoms. The van der Waals surface area contributed by atoms with Crippen LogP contribution in [0.2, 0.25) is 0 Å². The summed E-state index contributed by atoms with van der Waals surface area (Å²) in [6.07, 6.45) is 1.76. The van der Waals surface area contributed by atoms with E-state index in [4.69, 9.17) is 5.73 Å². The summed E-state index contributed by atoms with van der Waals surface area (Å²) in [4.78, 5) is 36.6. The first-order valence-corrected chi connectivity index (χ1v) is 12.2. The van der Waals surface area contributed by atoms with E-state index in [1.165, 1.54) is 6.07 Å². The van der Waals surface area contributed by atoms with E-state index >= 15 is 0 Å². The Morgan fingerprint density at radius 2 is 1.94 bits per heavy atom. The van der Waals surface area contributed by atoms with Crippen LogP contribution in [0.5, 0.6) is 0 Å². The van der Waals surface area contributed by atoms with E-state index in [9.17, 15) is 14.0 Å². The maximum atomic E-state index is 14.9. The van der Waals surface area contributed by atoms with Crippen molar-refractivity contribution in [2.75, 3.05) is 74.5 Å². The number of anilines is 4. The monoisotopic (exact) mass is 498 g/mol. The lowest BCUT2D eigenvalue weighted by atomic mass is 10.0. The molecule has 4 heterocycles. The lowest BCUT2D eigenvalue weighted by Gasteiger charge is -2.37. The molecule has 3 fully saturated rings. The Bertz CT molecular complexity index is 1140. The number of aromatic nitrogens is 3. The number of primary amides is 1. The molecule has 12 nitrogen and oxygen atoms in total. The Morgan fingerprint density at radius 1 is 1.14 bits per heavy atom. The van der Waals surface area contributed by atoms with Crippen LogP contribution in [-0.4, -0.2) is 102 Å². The Balaban J connectivity index is 1.36. The predicted octanol–water partition coefficient (Wildman–Crippen LogP) is 0.599. The van der Waals surface area contributed by atoms with Crippen LogP contribution in [0, 0.1) is 5.82 Å². The largest absolute Gasteiger partial charge is 0.367 e. The highest BCUT2D eigenvalue weighted by Crippen LogP contribution is 2.27. The van der Waals surface area contributed by atoms with Crippen molar-refractivity contribution >= 4 is 35.1 Å². The second kappa shape index (κ2) is 10.1. The fourth-order valence-corrected chi connectivity index (χ4v) is 4.99. The Kier molecular flexibility index (Phi) is 6.72. The van der Waals surface area contributed by atoms with Gasteiger partial charge in [-0.15, -0.1) is 10.2 Å². The van der Waals surface area contributed by atoms with Gasteiger partial charge in [0.05, 0.1) is 11.7 Å². The van der Waals surface area contributed by atoms with E-state index in [2.05, 4.69) is 25.8 Å². The lowest BCUT2D eigenvalue weighted by molar-refractivity contribution is 0.0995. The molecule has 0 radical (unpaired) electrons. The smallest absolute Gasteiger partial charge is 0.320 e. The molecule has 0 aliphatic carbocycles. The average Bonchev–Trinajstić information content (AvgIpc) is 3.22. The van der Waals surface area contributed by atoms with Gasteiger partial charge in [-0.25, -0.2) is 9.18 Å². The van der Waals surface area contributed by atoms with Crippen molar-refractivity contribution in [1.82, 2.24) is 30.3 Å². The number of carbonyl (C=O) groups is 2. The standard InChI is InChI=1S/C23H31FN10O2/c1-31-11-12-34(23(31)36)16-3-2-8-33(14-16)22-28-21(19(20(25)35)29-30-22)27-15-4-5-18(17(24)13-15)32-9-6-26-7-10-32/h4-5,13,16,26H,2-3,6-12,14H2,1H3,(H2,25,35)(H,27,28,30)/t16-/m1/s1. The van der Waals surface area contributed by atoms with Crippen molar-refractivity contribution in [2.45, 2.75) is 18.9 Å². The first-order valence-electron chi connectivity index (χ1n) is 12.2. The summed E-state index contributed by atoms with van der Waals surface area (Å²) in [5.74, 6) is -0.723. The number of hydrogen-bond acceptors (Lipinski definition) is 9. The summed E-state index contributed by atoms with van der Waals surface area (Å²) in [7, 11) is 1.80. The van der Waals surface area contributed by atoms with E-state index < -0.39 is 5.91 Å². The molecule has 4 N–H and O–H groups in total. The minimum absolute atomic E-state index is 0.0265. The van der Waals surface area contributed by atoms with Crippen molar-refractivity contribution in [3.05, 3.63) is 29.7 Å². The molecule has 5 rings (SSSR count). The third-order valence-corrected chi connectivity index (χ3v) is 6.95. The zero-order chi connectivity index (χ0) is 25.2. The van der Waals surface area contributed by atoms with Crippen LogP contribution in [0.4, 0.5) is 32.3 Å². The Labute approximate surface area is 208 Å². The number of piperazine rings is 1. The fraction of sp³-hybridized carbons (Fsp3) is 0.522. The fourth-order valence-electron chi connectivity index (χ4n) is 4.99. The molecule has 192 valence electrons. The Morgan fingerprint density at radius 3 is 2.64 bits per heavy atom. The second-order valence-corrected chi connectivity index (χ2v) is 9.34. The molecule has 3 aliphatic heterocycles. The molecule has 1 atom stereocenters. The van der Waals surface area contributed by atoms with Gasteiger partial charge in [-0.3, -0.25) is 4.79 Å². The van der Waals surface area contributed by atoms with Crippen molar-refractivity contribution in [2.24, 2.45) is 5.73 Å². The number of benzene rings is 1. The quantitative estimate of drug-likeness (QED) is 0.523. The van der Waals surface area contributed by atoms with Crippen molar-refractivity contribution in [1.29, 1.82) is 0 Å². The number of hydrogen-bond donors (Lipinski definition) is 3. The van der Waals surface area contributed by atoms with Gasteiger partial charge in [0.2, 0.25) is 5.95 Å². The number of rotatable bonds is 6. The van der Waals surface area contributed by atoms with E-state index in [1.807, 2.05) is 14.7 Å². The molecule has 0 spiro atoms. The van der Waals surface area contributed by atoms with Crippen LogP contribution < -0.4 is 26.2 Å². The second-order valence-electron chi connectivity index (χ2n) is 9.34. The number of nitrogens with two attached hydrogens (primary N) is 1. The summed E-state index contributed by atoms with van der Waals surface area (Å²) in [6.45, 7) is 5.71. The van der Waals surface area contributed by atoms with E-state index in [-0.39, 0.29) is 29.4 Å². The third-order valence-electron chi connectivity index (χ3n) is 6.95. The molecule has 0 saturated carbocycles. The SMILES string of the molecule is CN1CCN([C@@H]2CCCN(c3nnc(C(N)=O)c(Nc4ccc(N5CCNCC5)c(F)c4)n3)C2)C1=O. The molecule has 2 aromatic rings. The first-order chi connectivity index (χ1) is 17.4. The zero-order valence-corrected chi connectivity index (χ0v) is 20.3. The molecule has 3 aliphatic rings. The van der Waals surface area contributed by atoms with Crippen molar-refractivity contribution < 1.29 is 14.0 Å². The summed E-state index contributed by atoms with van der Waals surface area (Å²) in [5.41, 5.74) is 6.33. The summed E-state index contributed by atoms with van der Waals surface area (Å²) in [5, 5.41) is 14.4. The summed E-state index contributed by atoms with van der Waals surface area (Å²) in [6, 6.07) is 4.88. The molecule has 3 amide bonds. The molecule has 1 aromatic heterocycles. The number of piperidine rings is 1. The molecular formula is C23H31FN10O2. The van der Waals surface area contributed by atoms with Crippen LogP contribution >= 0.6 is 0 Å². The van der Waals surface area contributed by atoms with Crippen LogP contribution in [0.3, 0.4) is 0 Å². The maximum Gasteiger partial charge on any atom is 0.320 e. The molecular weight excluding hydrogens is 467 g/mol. The number of halogens is 1. The predicted molar refractivity (Wildman–Crippen MR) is 133 cm³/mol. The van der Waals surface area contributed by atoms with Crippen LogP contribution in [0.1, 0.15) is 23.3 Å². The van der Waals surface area contributed by atoms with Gasteiger partial charge >= 0.3 is 6.03 Å². The molecule has 3 saturated heterocycles. The van der Waals surface area contributed by atoms with Crippen molar-refractivity contribution in [3.8, 4) is 0 Å². The van der Waals surface area contributed by atoms with Crippen LogP contribution in [0.15, 0.2) is 18.2 Å². The normalized spacial score (nSPS) is 20.7. The van der Waals surface area contributed by atoms with Gasteiger partial charge in [-0.2, -0.15) is 4.98 Å². The maximum absolute atomic E-state index is 14.9. The van der Waals surface area contributed by atoms with Gasteiger partial charge in [0.25, 0.3) is 5.91 Å². The van der Waals surface area contributed by atoms with Gasteiger partial charge in [-0.1, -0.05) is 0 Å². The van der Waals surface area contributed by atoms with E-state index in [0.29, 0.717) is 43.5 Å². The highest BCUT2D eigenvalue weighted by atomic mass is 19.1. The number of likely N-dealkylation sites (N-methyl/N-ethyl adjacent to an activating group) is 1. The molecule has 13 heteroatoms. The van der Waals surface area contributed by atoms with Gasteiger partial charge in [-0.05, 0) is 31.0 Å². The molecule has 0 bridgehead atoms. The van der Waals surface area contributed by atoms with E-state index in [1.54, 1.807) is 24.1 Å². The van der Waals surface area contributed by atoms with Gasteiger partial charge in [0.15, 0.2) is 11.5 Å². The van der Waals surface area contributed by atoms with Crippen molar-refractivity contribution in [3.63, 3.8) is 0 Å². The van der Waals surface area contributed by atoms with Gasteiger partial charge in [0, 0.05) is 65.1 Å². The van der Waals surface area contributed by atoms with E-state index in [0.717, 1.165) is 39.0 Å². The van der Waals surface area contributed by atoms with Gasteiger partial charge < -0.3 is 36.0 Å². The van der Waals surface area contributed by atoms with Crippen LogP contribution in [0.25, 0.3) is 0 Å². The minimum Gasteiger partial charge on any atom is -0.367 e. The van der Waals surface area contributed by atoms with Crippen LogP contribution in [-0.2, 0) is 0 Å². The highest BCUT2D eigenvalue weighted by molar-refractivity contribution is 5.96. The number of nitrogens with zero attached hydrogens (tertiary/aromatic N) is 7. The minimum atomic E-state index is -0.788.